The molecule has 20 heavy (non-hydrogen) atoms. The van der Waals surface area contributed by atoms with Gasteiger partial charge in [-0.15, -0.1) is 0 Å². The zero-order chi connectivity index (χ0) is 15.6. The van der Waals surface area contributed by atoms with Crippen molar-refractivity contribution in [3.05, 3.63) is 29.3 Å². The van der Waals surface area contributed by atoms with Gasteiger partial charge < -0.3 is 14.3 Å². The Bertz CT molecular complexity index is 441. The number of hydrogen-bond donors (Lipinski definition) is 1. The maximum atomic E-state index is 10.1. The highest BCUT2D eigenvalue weighted by molar-refractivity contribution is 5.41. The van der Waals surface area contributed by atoms with Crippen LogP contribution in [0.3, 0.4) is 0 Å². The fourth-order valence-electron chi connectivity index (χ4n) is 2.23. The van der Waals surface area contributed by atoms with Crippen molar-refractivity contribution in [2.24, 2.45) is 0 Å². The van der Waals surface area contributed by atoms with E-state index >= 15 is 0 Å². The first-order chi connectivity index (χ1) is 8.99. The Hall–Kier alpha value is -1.06. The number of aliphatic hydroxyl groups is 1. The molecule has 1 aromatic carbocycles. The molecule has 1 rings (SSSR count). The summed E-state index contributed by atoms with van der Waals surface area (Å²) < 4.78 is 6.59. The molecule has 0 fully saturated rings. The Morgan fingerprint density at radius 1 is 1.20 bits per heavy atom. The van der Waals surface area contributed by atoms with Gasteiger partial charge in [-0.05, 0) is 24.0 Å². The van der Waals surface area contributed by atoms with Crippen molar-refractivity contribution >= 4 is 0 Å². The molecule has 1 aromatic rings. The number of nitrogens with zero attached hydrogens (tertiary/aromatic N) is 1. The average molecular weight is 280 g/mol. The quantitative estimate of drug-likeness (QED) is 0.840. The molecular weight excluding hydrogens is 250 g/mol. The van der Waals surface area contributed by atoms with E-state index in [-0.39, 0.29) is 5.41 Å². The molecule has 0 aliphatic carbocycles. The van der Waals surface area contributed by atoms with Gasteiger partial charge in [-0.2, -0.15) is 0 Å². The SMILES string of the molecule is Cc1ccc(OCC(O)C[N+](C)(C)C)c(C(C)(C)C)c1. The lowest BCUT2D eigenvalue weighted by molar-refractivity contribution is -0.873. The summed E-state index contributed by atoms with van der Waals surface area (Å²) >= 11 is 0. The van der Waals surface area contributed by atoms with Crippen LogP contribution in [0.5, 0.6) is 5.75 Å². The van der Waals surface area contributed by atoms with Gasteiger partial charge in [0.25, 0.3) is 0 Å². The van der Waals surface area contributed by atoms with Gasteiger partial charge in [-0.1, -0.05) is 38.5 Å². The lowest BCUT2D eigenvalue weighted by Crippen LogP contribution is -2.43. The predicted molar refractivity (Wildman–Crippen MR) is 84.3 cm³/mol. The van der Waals surface area contributed by atoms with E-state index in [1.807, 2.05) is 6.07 Å². The molecule has 0 bridgehead atoms. The summed E-state index contributed by atoms with van der Waals surface area (Å²) in [6, 6.07) is 6.23. The number of rotatable bonds is 5. The van der Waals surface area contributed by atoms with Gasteiger partial charge in [0.15, 0.2) is 0 Å². The number of quaternary nitrogens is 1. The molecule has 3 heteroatoms. The molecule has 0 saturated carbocycles. The van der Waals surface area contributed by atoms with Gasteiger partial charge in [-0.3, -0.25) is 0 Å². The third-order valence-electron chi connectivity index (χ3n) is 3.13. The van der Waals surface area contributed by atoms with E-state index in [2.05, 4.69) is 61.0 Å². The molecule has 0 aliphatic rings. The molecule has 0 radical (unpaired) electrons. The average Bonchev–Trinajstić information content (AvgIpc) is 2.23. The Balaban J connectivity index is 2.78. The fraction of sp³-hybridized carbons (Fsp3) is 0.647. The molecule has 1 unspecified atom stereocenters. The van der Waals surface area contributed by atoms with Crippen molar-refractivity contribution in [3.63, 3.8) is 0 Å². The predicted octanol–water partition coefficient (Wildman–Crippen LogP) is 2.74. The van der Waals surface area contributed by atoms with Crippen LogP contribution in [-0.2, 0) is 5.41 Å². The van der Waals surface area contributed by atoms with Gasteiger partial charge in [-0.25, -0.2) is 0 Å². The van der Waals surface area contributed by atoms with Gasteiger partial charge in [0.1, 0.15) is 25.0 Å². The smallest absolute Gasteiger partial charge is 0.137 e. The minimum atomic E-state index is -0.455. The summed E-state index contributed by atoms with van der Waals surface area (Å²) in [6.07, 6.45) is -0.455. The van der Waals surface area contributed by atoms with Crippen LogP contribution in [0.4, 0.5) is 0 Å². The molecule has 0 aromatic heterocycles. The first-order valence-corrected chi connectivity index (χ1v) is 7.21. The molecule has 1 atom stereocenters. The van der Waals surface area contributed by atoms with Crippen molar-refractivity contribution in [3.8, 4) is 5.75 Å². The molecule has 0 saturated heterocycles. The van der Waals surface area contributed by atoms with E-state index in [0.717, 1.165) is 10.2 Å². The summed E-state index contributed by atoms with van der Waals surface area (Å²) in [6.45, 7) is 9.63. The molecule has 0 aliphatic heterocycles. The van der Waals surface area contributed by atoms with Crippen molar-refractivity contribution < 1.29 is 14.3 Å². The number of benzene rings is 1. The Kier molecular flexibility index (Phi) is 5.22. The molecular formula is C17H30NO2+. The maximum absolute atomic E-state index is 10.1. The number of aryl methyl sites for hydroxylation is 1. The summed E-state index contributed by atoms with van der Waals surface area (Å²) in [5.74, 6) is 0.878. The second-order valence-corrected chi connectivity index (χ2v) is 7.69. The van der Waals surface area contributed by atoms with Crippen LogP contribution < -0.4 is 4.74 Å². The van der Waals surface area contributed by atoms with E-state index in [1.165, 1.54) is 11.1 Å². The third kappa shape index (κ3) is 5.51. The third-order valence-corrected chi connectivity index (χ3v) is 3.13. The minimum absolute atomic E-state index is 0.0341. The number of ether oxygens (including phenoxy) is 1. The molecule has 3 nitrogen and oxygen atoms in total. The summed E-state index contributed by atoms with van der Waals surface area (Å²) in [7, 11) is 6.20. The normalized spacial score (nSPS) is 14.2. The van der Waals surface area contributed by atoms with Crippen molar-refractivity contribution in [2.75, 3.05) is 34.3 Å². The zero-order valence-corrected chi connectivity index (χ0v) is 14.0. The highest BCUT2D eigenvalue weighted by atomic mass is 16.5. The standard InChI is InChI=1S/C17H30NO2/c1-13-8-9-16(15(10-13)17(2,3)4)20-12-14(19)11-18(5,6)7/h8-10,14,19H,11-12H2,1-7H3/q+1. The van der Waals surface area contributed by atoms with Gasteiger partial charge in [0, 0.05) is 0 Å². The van der Waals surface area contributed by atoms with Crippen molar-refractivity contribution in [1.82, 2.24) is 0 Å². The topological polar surface area (TPSA) is 29.5 Å². The van der Waals surface area contributed by atoms with Crippen LogP contribution in [0.15, 0.2) is 18.2 Å². The van der Waals surface area contributed by atoms with Crippen LogP contribution in [0.2, 0.25) is 0 Å². The molecule has 0 heterocycles. The van der Waals surface area contributed by atoms with E-state index in [4.69, 9.17) is 4.74 Å². The van der Waals surface area contributed by atoms with Crippen molar-refractivity contribution in [2.45, 2.75) is 39.2 Å². The Morgan fingerprint density at radius 3 is 2.30 bits per heavy atom. The second-order valence-electron chi connectivity index (χ2n) is 7.69. The number of likely N-dealkylation sites (N-methyl/N-ethyl adjacent to an activating group) is 1. The van der Waals surface area contributed by atoms with E-state index in [0.29, 0.717) is 13.2 Å². The highest BCUT2D eigenvalue weighted by Crippen LogP contribution is 2.32. The van der Waals surface area contributed by atoms with Gasteiger partial charge >= 0.3 is 0 Å². The monoisotopic (exact) mass is 280 g/mol. The van der Waals surface area contributed by atoms with Gasteiger partial charge in [0.05, 0.1) is 21.1 Å². The summed E-state index contributed by atoms with van der Waals surface area (Å²) in [5.41, 5.74) is 2.45. The Morgan fingerprint density at radius 2 is 1.80 bits per heavy atom. The first-order valence-electron chi connectivity index (χ1n) is 7.21. The highest BCUT2D eigenvalue weighted by Gasteiger charge is 2.21. The molecule has 0 spiro atoms. The summed E-state index contributed by atoms with van der Waals surface area (Å²) in [5, 5.41) is 10.1. The molecule has 114 valence electrons. The van der Waals surface area contributed by atoms with E-state index < -0.39 is 6.10 Å². The van der Waals surface area contributed by atoms with Crippen LogP contribution in [0.1, 0.15) is 31.9 Å². The fourth-order valence-corrected chi connectivity index (χ4v) is 2.23. The lowest BCUT2D eigenvalue weighted by Gasteiger charge is -2.28. The molecule has 1 N–H and O–H groups in total. The largest absolute Gasteiger partial charge is 0.490 e. The molecule has 0 amide bonds. The van der Waals surface area contributed by atoms with Crippen LogP contribution in [-0.4, -0.2) is 50.0 Å². The van der Waals surface area contributed by atoms with E-state index in [1.54, 1.807) is 0 Å². The van der Waals surface area contributed by atoms with Gasteiger partial charge in [0.2, 0.25) is 0 Å². The first kappa shape index (κ1) is 17.0. The zero-order valence-electron chi connectivity index (χ0n) is 14.0. The Labute approximate surface area is 123 Å². The maximum Gasteiger partial charge on any atom is 0.137 e. The van der Waals surface area contributed by atoms with E-state index in [9.17, 15) is 5.11 Å². The van der Waals surface area contributed by atoms with Crippen LogP contribution in [0, 0.1) is 6.92 Å². The lowest BCUT2D eigenvalue weighted by atomic mass is 9.85. The van der Waals surface area contributed by atoms with Crippen molar-refractivity contribution in [1.29, 1.82) is 0 Å². The summed E-state index contributed by atoms with van der Waals surface area (Å²) in [4.78, 5) is 0. The minimum Gasteiger partial charge on any atom is -0.490 e. The van der Waals surface area contributed by atoms with Crippen LogP contribution >= 0.6 is 0 Å². The number of aliphatic hydroxyl groups excluding tert-OH is 1. The van der Waals surface area contributed by atoms with Crippen LogP contribution in [0.25, 0.3) is 0 Å². The second kappa shape index (κ2) is 6.15. The number of hydrogen-bond acceptors (Lipinski definition) is 2.